The van der Waals surface area contributed by atoms with Crippen LogP contribution in [0.15, 0.2) is 47.1 Å². The molecule has 8 heteroatoms. The van der Waals surface area contributed by atoms with Crippen LogP contribution in [0.5, 0.6) is 0 Å². The summed E-state index contributed by atoms with van der Waals surface area (Å²) in [6.45, 7) is 3.56. The molecule has 1 aromatic heterocycles. The third-order valence-electron chi connectivity index (χ3n) is 4.53. The van der Waals surface area contributed by atoms with Gasteiger partial charge in [0.25, 0.3) is 11.8 Å². The van der Waals surface area contributed by atoms with Gasteiger partial charge in [-0.1, -0.05) is 18.2 Å². The van der Waals surface area contributed by atoms with E-state index in [0.29, 0.717) is 17.7 Å². The maximum Gasteiger partial charge on any atom is 0.313 e. The summed E-state index contributed by atoms with van der Waals surface area (Å²) in [5, 5.41) is 6.15. The van der Waals surface area contributed by atoms with E-state index in [1.54, 1.807) is 50.3 Å². The molecule has 0 radical (unpaired) electrons. The first kappa shape index (κ1) is 20.6. The molecule has 3 atom stereocenters. The molecular weight excluding hydrogens is 376 g/mol. The molecule has 154 valence electrons. The molecule has 0 saturated carbocycles. The van der Waals surface area contributed by atoms with E-state index in [0.717, 1.165) is 5.39 Å². The second-order valence-corrected chi connectivity index (χ2v) is 7.07. The molecule has 0 saturated heterocycles. The lowest BCUT2D eigenvalue weighted by Crippen LogP contribution is -2.47. The first-order valence-corrected chi connectivity index (χ1v) is 9.38. The van der Waals surface area contributed by atoms with E-state index < -0.39 is 23.8 Å². The molecule has 8 nitrogen and oxygen atoms in total. The van der Waals surface area contributed by atoms with Crippen LogP contribution in [0.25, 0.3) is 11.0 Å². The molecule has 29 heavy (non-hydrogen) atoms. The molecule has 1 aromatic carbocycles. The van der Waals surface area contributed by atoms with Gasteiger partial charge in [0.2, 0.25) is 6.10 Å². The predicted octanol–water partition coefficient (Wildman–Crippen LogP) is 2.40. The van der Waals surface area contributed by atoms with Crippen molar-refractivity contribution in [3.8, 4) is 0 Å². The van der Waals surface area contributed by atoms with E-state index in [2.05, 4.69) is 10.6 Å². The van der Waals surface area contributed by atoms with Crippen LogP contribution in [0.2, 0.25) is 0 Å². The SMILES string of the molecule is COC(C(=O)Nc1cccc2occc12)C(=O)N[C@H]1C=C[C@@H](C(=O)OC(C)C)C1. The minimum absolute atomic E-state index is 0.203. The molecule has 1 aliphatic carbocycles. The number of methoxy groups -OCH3 is 1. The number of carbonyl (C=O) groups excluding carboxylic acids is 3. The van der Waals surface area contributed by atoms with E-state index >= 15 is 0 Å². The second-order valence-electron chi connectivity index (χ2n) is 7.07. The lowest BCUT2D eigenvalue weighted by molar-refractivity contribution is -0.151. The fourth-order valence-electron chi connectivity index (χ4n) is 3.19. The predicted molar refractivity (Wildman–Crippen MR) is 106 cm³/mol. The van der Waals surface area contributed by atoms with Gasteiger partial charge in [0, 0.05) is 18.5 Å². The van der Waals surface area contributed by atoms with Crippen molar-refractivity contribution in [3.05, 3.63) is 42.7 Å². The maximum atomic E-state index is 12.6. The summed E-state index contributed by atoms with van der Waals surface area (Å²) in [4.78, 5) is 37.2. The van der Waals surface area contributed by atoms with Gasteiger partial charge < -0.3 is 24.5 Å². The number of carbonyl (C=O) groups is 3. The largest absolute Gasteiger partial charge is 0.464 e. The first-order valence-electron chi connectivity index (χ1n) is 9.38. The summed E-state index contributed by atoms with van der Waals surface area (Å²) >= 11 is 0. The lowest BCUT2D eigenvalue weighted by atomic mass is 10.1. The topological polar surface area (TPSA) is 107 Å². The van der Waals surface area contributed by atoms with Crippen LogP contribution < -0.4 is 10.6 Å². The Kier molecular flexibility index (Phi) is 6.33. The minimum Gasteiger partial charge on any atom is -0.464 e. The van der Waals surface area contributed by atoms with E-state index in [1.165, 1.54) is 13.4 Å². The molecule has 2 amide bonds. The zero-order valence-corrected chi connectivity index (χ0v) is 16.5. The van der Waals surface area contributed by atoms with Gasteiger partial charge in [-0.05, 0) is 38.5 Å². The van der Waals surface area contributed by atoms with Crippen molar-refractivity contribution in [1.82, 2.24) is 5.32 Å². The Morgan fingerprint density at radius 2 is 1.93 bits per heavy atom. The molecule has 1 unspecified atom stereocenters. The van der Waals surface area contributed by atoms with Gasteiger partial charge in [0.15, 0.2) is 0 Å². The van der Waals surface area contributed by atoms with Crippen molar-refractivity contribution >= 4 is 34.4 Å². The Labute approximate surface area is 168 Å². The fraction of sp³-hybridized carbons (Fsp3) is 0.381. The monoisotopic (exact) mass is 400 g/mol. The molecule has 0 fully saturated rings. The van der Waals surface area contributed by atoms with Gasteiger partial charge >= 0.3 is 5.97 Å². The van der Waals surface area contributed by atoms with Crippen LogP contribution in [0.1, 0.15) is 20.3 Å². The first-order chi connectivity index (χ1) is 13.9. The molecule has 1 heterocycles. The Morgan fingerprint density at radius 1 is 1.14 bits per heavy atom. The third-order valence-corrected chi connectivity index (χ3v) is 4.53. The lowest BCUT2D eigenvalue weighted by Gasteiger charge is -2.19. The van der Waals surface area contributed by atoms with E-state index in [1.807, 2.05) is 0 Å². The second kappa shape index (κ2) is 8.91. The highest BCUT2D eigenvalue weighted by Gasteiger charge is 2.32. The number of nitrogens with one attached hydrogen (secondary N) is 2. The van der Waals surface area contributed by atoms with Crippen molar-refractivity contribution in [2.45, 2.75) is 38.5 Å². The quantitative estimate of drug-likeness (QED) is 0.420. The van der Waals surface area contributed by atoms with Crippen LogP contribution in [0.3, 0.4) is 0 Å². The number of hydrogen-bond acceptors (Lipinski definition) is 6. The summed E-state index contributed by atoms with van der Waals surface area (Å²) in [6, 6.07) is 6.58. The van der Waals surface area contributed by atoms with Crippen LogP contribution in [0, 0.1) is 5.92 Å². The van der Waals surface area contributed by atoms with Crippen molar-refractivity contribution in [2.24, 2.45) is 5.92 Å². The third kappa shape index (κ3) is 4.83. The van der Waals surface area contributed by atoms with Gasteiger partial charge in [-0.3, -0.25) is 14.4 Å². The Hall–Kier alpha value is -3.13. The zero-order valence-electron chi connectivity index (χ0n) is 16.5. The minimum atomic E-state index is -1.34. The van der Waals surface area contributed by atoms with E-state index in [4.69, 9.17) is 13.9 Å². The van der Waals surface area contributed by atoms with Crippen LogP contribution in [0.4, 0.5) is 5.69 Å². The highest BCUT2D eigenvalue weighted by atomic mass is 16.5. The number of benzene rings is 1. The Bertz CT molecular complexity index is 932. The molecule has 0 bridgehead atoms. The molecule has 0 aliphatic heterocycles. The number of anilines is 1. The number of hydrogen-bond donors (Lipinski definition) is 2. The molecule has 2 aromatic rings. The van der Waals surface area contributed by atoms with Crippen molar-refractivity contribution in [3.63, 3.8) is 0 Å². The van der Waals surface area contributed by atoms with Crippen molar-refractivity contribution in [2.75, 3.05) is 12.4 Å². The Balaban J connectivity index is 1.59. The van der Waals surface area contributed by atoms with Gasteiger partial charge in [0.05, 0.1) is 24.0 Å². The number of amides is 2. The standard InChI is InChI=1S/C21H24N2O6/c1-12(2)29-21(26)13-7-8-14(11-13)22-19(24)18(27-3)20(25)23-16-5-4-6-17-15(16)9-10-28-17/h4-10,12-14,18H,11H2,1-3H3,(H,22,24)(H,23,25)/t13-,14+,18?/m1/s1. The number of ether oxygens (including phenoxy) is 2. The number of rotatable bonds is 7. The summed E-state index contributed by atoms with van der Waals surface area (Å²) in [5.74, 6) is -1.94. The van der Waals surface area contributed by atoms with Crippen molar-refractivity contribution in [1.29, 1.82) is 0 Å². The molecule has 1 aliphatic rings. The molecule has 3 rings (SSSR count). The van der Waals surface area contributed by atoms with Crippen LogP contribution >= 0.6 is 0 Å². The number of esters is 1. The molecule has 0 spiro atoms. The highest BCUT2D eigenvalue weighted by Crippen LogP contribution is 2.24. The van der Waals surface area contributed by atoms with Crippen molar-refractivity contribution < 1.29 is 28.3 Å². The highest BCUT2D eigenvalue weighted by molar-refractivity contribution is 6.11. The number of fused-ring (bicyclic) bond motifs is 1. The summed E-state index contributed by atoms with van der Waals surface area (Å²) in [6.07, 6.45) is 3.79. The smallest absolute Gasteiger partial charge is 0.313 e. The summed E-state index contributed by atoms with van der Waals surface area (Å²) < 4.78 is 15.6. The molecular formula is C21H24N2O6. The van der Waals surface area contributed by atoms with E-state index in [9.17, 15) is 14.4 Å². The maximum absolute atomic E-state index is 12.6. The number of furan rings is 1. The van der Waals surface area contributed by atoms with Crippen LogP contribution in [-0.4, -0.2) is 43.1 Å². The van der Waals surface area contributed by atoms with Gasteiger partial charge in [-0.15, -0.1) is 0 Å². The van der Waals surface area contributed by atoms with Gasteiger partial charge in [-0.2, -0.15) is 0 Å². The van der Waals surface area contributed by atoms with Gasteiger partial charge in [0.1, 0.15) is 5.58 Å². The normalized spacial score (nSPS) is 19.3. The molecule has 2 N–H and O–H groups in total. The zero-order chi connectivity index (χ0) is 21.0. The summed E-state index contributed by atoms with van der Waals surface area (Å²) in [5.41, 5.74) is 1.14. The Morgan fingerprint density at radius 3 is 2.66 bits per heavy atom. The average Bonchev–Trinajstić information content (AvgIpc) is 3.31. The van der Waals surface area contributed by atoms with Crippen LogP contribution in [-0.2, 0) is 23.9 Å². The van der Waals surface area contributed by atoms with Gasteiger partial charge in [-0.25, -0.2) is 0 Å². The summed E-state index contributed by atoms with van der Waals surface area (Å²) in [7, 11) is 1.29. The average molecular weight is 400 g/mol. The van der Waals surface area contributed by atoms with E-state index in [-0.39, 0.29) is 18.1 Å². The fourth-order valence-corrected chi connectivity index (χ4v) is 3.19.